The summed E-state index contributed by atoms with van der Waals surface area (Å²) in [7, 11) is 0. The molecule has 3 N–H and O–H groups in total. The molecule has 1 aromatic heterocycles. The number of primary amides is 1. The molecule has 14 heavy (non-hydrogen) atoms. The van der Waals surface area contributed by atoms with E-state index >= 15 is 0 Å². The average Bonchev–Trinajstić information content (AvgIpc) is 2.14. The maximum atomic E-state index is 10.8. The van der Waals surface area contributed by atoms with E-state index in [-0.39, 0.29) is 11.0 Å². The van der Waals surface area contributed by atoms with Crippen LogP contribution in [0.1, 0.15) is 10.6 Å². The van der Waals surface area contributed by atoms with Crippen LogP contribution in [0.15, 0.2) is 12.7 Å². The summed E-state index contributed by atoms with van der Waals surface area (Å²) < 4.78 is 0. The molecule has 6 heteroatoms. The maximum absolute atomic E-state index is 10.8. The number of halogens is 1. The SMILES string of the molecule is C=CCNc1[c]c(Cl)nc(C(N)=O)n1. The Labute approximate surface area is 86.0 Å². The van der Waals surface area contributed by atoms with Gasteiger partial charge in [0.25, 0.3) is 5.91 Å². The van der Waals surface area contributed by atoms with Gasteiger partial charge in [0, 0.05) is 6.54 Å². The van der Waals surface area contributed by atoms with Crippen molar-refractivity contribution in [3.05, 3.63) is 29.7 Å². The number of nitrogens with one attached hydrogen (secondary N) is 1. The molecule has 1 aromatic rings. The summed E-state index contributed by atoms with van der Waals surface area (Å²) in [5.74, 6) is -0.554. The summed E-state index contributed by atoms with van der Waals surface area (Å²) in [5.41, 5.74) is 5.00. The second-order valence-corrected chi connectivity index (χ2v) is 2.70. The lowest BCUT2D eigenvalue weighted by Crippen LogP contribution is -2.16. The Morgan fingerprint density at radius 1 is 1.71 bits per heavy atom. The van der Waals surface area contributed by atoms with Crippen LogP contribution in [-0.2, 0) is 0 Å². The van der Waals surface area contributed by atoms with Gasteiger partial charge < -0.3 is 11.1 Å². The topological polar surface area (TPSA) is 80.9 Å². The standard InChI is InChI=1S/C8H8ClN4O/c1-2-3-11-6-4-5(9)12-8(13-6)7(10)14/h2H,1,3H2,(H2,10,14)(H,11,12,13). The third-order valence-electron chi connectivity index (χ3n) is 1.28. The highest BCUT2D eigenvalue weighted by Gasteiger charge is 2.07. The van der Waals surface area contributed by atoms with Crippen LogP contribution in [-0.4, -0.2) is 22.4 Å². The molecule has 0 aliphatic carbocycles. The number of hydrogen-bond donors (Lipinski definition) is 2. The van der Waals surface area contributed by atoms with Crippen molar-refractivity contribution < 1.29 is 4.79 Å². The predicted octanol–water partition coefficient (Wildman–Crippen LogP) is 0.627. The van der Waals surface area contributed by atoms with Gasteiger partial charge in [0.1, 0.15) is 11.0 Å². The first-order valence-corrected chi connectivity index (χ1v) is 4.12. The first-order chi connectivity index (χ1) is 6.63. The first-order valence-electron chi connectivity index (χ1n) is 3.75. The van der Waals surface area contributed by atoms with Crippen molar-refractivity contribution in [2.45, 2.75) is 0 Å². The number of nitrogens with two attached hydrogens (primary N) is 1. The van der Waals surface area contributed by atoms with E-state index in [1.165, 1.54) is 0 Å². The summed E-state index contributed by atoms with van der Waals surface area (Å²) in [6, 6.07) is 2.61. The number of rotatable bonds is 4. The third-order valence-corrected chi connectivity index (χ3v) is 1.46. The molecule has 1 radical (unpaired) electrons. The van der Waals surface area contributed by atoms with Crippen molar-refractivity contribution in [3.63, 3.8) is 0 Å². The van der Waals surface area contributed by atoms with Crippen LogP contribution >= 0.6 is 11.6 Å². The molecule has 0 bridgehead atoms. The lowest BCUT2D eigenvalue weighted by molar-refractivity contribution is 0.0990. The Balaban J connectivity index is 2.94. The summed E-state index contributed by atoms with van der Waals surface area (Å²) in [6.07, 6.45) is 1.63. The number of carbonyl (C=O) groups is 1. The van der Waals surface area contributed by atoms with Gasteiger partial charge in [0.2, 0.25) is 5.82 Å². The lowest BCUT2D eigenvalue weighted by atomic mass is 10.5. The van der Waals surface area contributed by atoms with Gasteiger partial charge in [-0.25, -0.2) is 9.97 Å². The molecule has 0 aliphatic rings. The van der Waals surface area contributed by atoms with Crippen LogP contribution in [0.3, 0.4) is 0 Å². The van der Waals surface area contributed by atoms with Gasteiger partial charge in [-0.1, -0.05) is 17.7 Å². The minimum absolute atomic E-state index is 0.0420. The van der Waals surface area contributed by atoms with Gasteiger partial charge in [-0.3, -0.25) is 4.79 Å². The van der Waals surface area contributed by atoms with Crippen LogP contribution < -0.4 is 11.1 Å². The molecule has 5 nitrogen and oxygen atoms in total. The summed E-state index contributed by atoms with van der Waals surface area (Å²) in [5, 5.41) is 2.86. The van der Waals surface area contributed by atoms with Crippen molar-refractivity contribution in [3.8, 4) is 0 Å². The fourth-order valence-corrected chi connectivity index (χ4v) is 0.910. The van der Waals surface area contributed by atoms with Gasteiger partial charge in [0.15, 0.2) is 0 Å². The van der Waals surface area contributed by atoms with Crippen LogP contribution in [0.5, 0.6) is 0 Å². The molecule has 0 aromatic carbocycles. The molecule has 0 saturated carbocycles. The van der Waals surface area contributed by atoms with Crippen molar-refractivity contribution in [2.24, 2.45) is 5.73 Å². The minimum atomic E-state index is -0.734. The second kappa shape index (κ2) is 4.57. The summed E-state index contributed by atoms with van der Waals surface area (Å²) in [6.45, 7) is 4.00. The second-order valence-electron chi connectivity index (χ2n) is 2.35. The maximum Gasteiger partial charge on any atom is 0.286 e. The monoisotopic (exact) mass is 211 g/mol. The van der Waals surface area contributed by atoms with Gasteiger partial charge in [-0.2, -0.15) is 0 Å². The molecule has 73 valence electrons. The van der Waals surface area contributed by atoms with E-state index in [1.54, 1.807) is 6.08 Å². The number of amides is 1. The van der Waals surface area contributed by atoms with Crippen molar-refractivity contribution in [2.75, 3.05) is 11.9 Å². The number of aromatic nitrogens is 2. The van der Waals surface area contributed by atoms with Gasteiger partial charge in [-0.05, 0) is 0 Å². The molecule has 0 fully saturated rings. The lowest BCUT2D eigenvalue weighted by Gasteiger charge is -2.02. The molecule has 1 rings (SSSR count). The first kappa shape index (κ1) is 10.5. The number of carbonyl (C=O) groups excluding carboxylic acids is 1. The Kier molecular flexibility index (Phi) is 3.41. The highest BCUT2D eigenvalue weighted by molar-refractivity contribution is 6.29. The fourth-order valence-electron chi connectivity index (χ4n) is 0.740. The fraction of sp³-hybridized carbons (Fsp3) is 0.125. The molecule has 0 saturated heterocycles. The molecule has 1 amide bonds. The molecule has 0 spiro atoms. The van der Waals surface area contributed by atoms with Gasteiger partial charge in [0.05, 0.1) is 6.07 Å². The average molecular weight is 212 g/mol. The summed E-state index contributed by atoms with van der Waals surface area (Å²) >= 11 is 5.59. The predicted molar refractivity (Wildman–Crippen MR) is 53.1 cm³/mol. The van der Waals surface area contributed by atoms with E-state index in [0.717, 1.165) is 0 Å². The molecule has 0 unspecified atom stereocenters. The molecular formula is C8H8ClN4O. The van der Waals surface area contributed by atoms with Crippen molar-refractivity contribution >= 4 is 23.3 Å². The van der Waals surface area contributed by atoms with Crippen LogP contribution in [0.4, 0.5) is 5.82 Å². The van der Waals surface area contributed by atoms with Crippen LogP contribution in [0.25, 0.3) is 0 Å². The van der Waals surface area contributed by atoms with E-state index in [2.05, 4.69) is 27.9 Å². The molecule has 0 atom stereocenters. The van der Waals surface area contributed by atoms with Crippen molar-refractivity contribution in [1.29, 1.82) is 0 Å². The number of hydrogen-bond acceptors (Lipinski definition) is 4. The Bertz CT molecular complexity index is 366. The van der Waals surface area contributed by atoms with Gasteiger partial charge >= 0.3 is 0 Å². The largest absolute Gasteiger partial charge is 0.366 e. The molecular weight excluding hydrogens is 204 g/mol. The van der Waals surface area contributed by atoms with Gasteiger partial charge in [-0.15, -0.1) is 6.58 Å². The van der Waals surface area contributed by atoms with Crippen molar-refractivity contribution in [1.82, 2.24) is 9.97 Å². The van der Waals surface area contributed by atoms with Crippen LogP contribution in [0, 0.1) is 6.07 Å². The van der Waals surface area contributed by atoms with E-state index in [4.69, 9.17) is 17.3 Å². The highest BCUT2D eigenvalue weighted by Crippen LogP contribution is 2.09. The third kappa shape index (κ3) is 2.70. The van der Waals surface area contributed by atoms with E-state index in [9.17, 15) is 4.79 Å². The number of anilines is 1. The van der Waals surface area contributed by atoms with E-state index in [1.807, 2.05) is 0 Å². The highest BCUT2D eigenvalue weighted by atomic mass is 35.5. The number of nitrogens with zero attached hydrogens (tertiary/aromatic N) is 2. The van der Waals surface area contributed by atoms with E-state index < -0.39 is 5.91 Å². The normalized spacial score (nSPS) is 9.50. The Morgan fingerprint density at radius 2 is 2.43 bits per heavy atom. The molecule has 1 heterocycles. The zero-order valence-electron chi connectivity index (χ0n) is 7.25. The van der Waals surface area contributed by atoms with E-state index in [0.29, 0.717) is 12.4 Å². The summed E-state index contributed by atoms with van der Waals surface area (Å²) in [4.78, 5) is 18.1. The minimum Gasteiger partial charge on any atom is -0.366 e. The Morgan fingerprint density at radius 3 is 3.00 bits per heavy atom. The zero-order valence-corrected chi connectivity index (χ0v) is 8.01. The molecule has 0 aliphatic heterocycles. The smallest absolute Gasteiger partial charge is 0.286 e. The van der Waals surface area contributed by atoms with Crippen LogP contribution in [0.2, 0.25) is 5.15 Å². The quantitative estimate of drug-likeness (QED) is 0.565. The Hall–Kier alpha value is -1.62. The zero-order chi connectivity index (χ0) is 10.6.